The van der Waals surface area contributed by atoms with Gasteiger partial charge in [0.05, 0.1) is 20.4 Å². The SMILES string of the molecule is COc1ccc(C(=O)Nc2cnc(-c3cccnc3)s2)cc1OC. The molecule has 0 atom stereocenters. The number of nitrogens with one attached hydrogen (secondary N) is 1. The van der Waals surface area contributed by atoms with Gasteiger partial charge in [-0.2, -0.15) is 0 Å². The van der Waals surface area contributed by atoms with E-state index in [-0.39, 0.29) is 5.91 Å². The third-order valence-corrected chi connectivity index (χ3v) is 4.26. The lowest BCUT2D eigenvalue weighted by molar-refractivity contribution is 0.102. The Hall–Kier alpha value is -2.93. The van der Waals surface area contributed by atoms with Crippen LogP contribution in [0.4, 0.5) is 5.00 Å². The van der Waals surface area contributed by atoms with Crippen LogP contribution in [0.3, 0.4) is 0 Å². The zero-order chi connectivity index (χ0) is 16.9. The van der Waals surface area contributed by atoms with Gasteiger partial charge in [-0.05, 0) is 30.3 Å². The number of carbonyl (C=O) groups excluding carboxylic acids is 1. The Morgan fingerprint density at radius 3 is 2.67 bits per heavy atom. The van der Waals surface area contributed by atoms with Crippen LogP contribution in [-0.2, 0) is 0 Å². The number of nitrogens with zero attached hydrogens (tertiary/aromatic N) is 2. The molecule has 0 saturated carbocycles. The lowest BCUT2D eigenvalue weighted by Gasteiger charge is -2.09. The predicted octanol–water partition coefficient (Wildman–Crippen LogP) is 3.47. The highest BCUT2D eigenvalue weighted by molar-refractivity contribution is 7.19. The Balaban J connectivity index is 1.77. The standard InChI is InChI=1S/C17H15N3O3S/c1-22-13-6-5-11(8-14(13)23-2)16(21)20-15-10-19-17(24-15)12-4-3-7-18-9-12/h3-10H,1-2H3,(H,20,21). The molecule has 0 saturated heterocycles. The first kappa shape index (κ1) is 15.9. The van der Waals surface area contributed by atoms with Crippen molar-refractivity contribution in [3.63, 3.8) is 0 Å². The Kier molecular flexibility index (Phi) is 4.72. The normalized spacial score (nSPS) is 10.2. The Morgan fingerprint density at radius 1 is 1.12 bits per heavy atom. The smallest absolute Gasteiger partial charge is 0.256 e. The zero-order valence-corrected chi connectivity index (χ0v) is 14.0. The quantitative estimate of drug-likeness (QED) is 0.769. The maximum atomic E-state index is 12.4. The molecule has 1 N–H and O–H groups in total. The van der Waals surface area contributed by atoms with Gasteiger partial charge in [-0.25, -0.2) is 4.98 Å². The predicted molar refractivity (Wildman–Crippen MR) is 92.8 cm³/mol. The molecule has 0 bridgehead atoms. The Labute approximate surface area is 143 Å². The van der Waals surface area contributed by atoms with Gasteiger partial charge in [0, 0.05) is 23.5 Å². The van der Waals surface area contributed by atoms with E-state index in [0.717, 1.165) is 10.6 Å². The third-order valence-electron chi connectivity index (χ3n) is 3.30. The van der Waals surface area contributed by atoms with Gasteiger partial charge in [-0.1, -0.05) is 11.3 Å². The maximum absolute atomic E-state index is 12.4. The summed E-state index contributed by atoms with van der Waals surface area (Å²) in [6.45, 7) is 0. The largest absolute Gasteiger partial charge is 0.493 e. The van der Waals surface area contributed by atoms with E-state index in [1.165, 1.54) is 18.4 Å². The van der Waals surface area contributed by atoms with Crippen LogP contribution >= 0.6 is 11.3 Å². The second kappa shape index (κ2) is 7.10. The summed E-state index contributed by atoms with van der Waals surface area (Å²) in [6, 6.07) is 8.78. The molecular formula is C17H15N3O3S. The van der Waals surface area contributed by atoms with Crippen molar-refractivity contribution in [1.82, 2.24) is 9.97 Å². The molecule has 1 amide bonds. The van der Waals surface area contributed by atoms with Crippen LogP contribution in [0.5, 0.6) is 11.5 Å². The van der Waals surface area contributed by atoms with Crippen molar-refractivity contribution < 1.29 is 14.3 Å². The van der Waals surface area contributed by atoms with Crippen LogP contribution in [0.1, 0.15) is 10.4 Å². The molecule has 6 nitrogen and oxygen atoms in total. The van der Waals surface area contributed by atoms with Crippen molar-refractivity contribution in [2.75, 3.05) is 19.5 Å². The van der Waals surface area contributed by atoms with Gasteiger partial charge in [-0.3, -0.25) is 9.78 Å². The fourth-order valence-electron chi connectivity index (χ4n) is 2.12. The van der Waals surface area contributed by atoms with E-state index < -0.39 is 0 Å². The summed E-state index contributed by atoms with van der Waals surface area (Å²) >= 11 is 1.39. The molecule has 3 aromatic rings. The van der Waals surface area contributed by atoms with Crippen molar-refractivity contribution in [3.8, 4) is 22.1 Å². The van der Waals surface area contributed by atoms with E-state index in [0.29, 0.717) is 22.1 Å². The number of rotatable bonds is 5. The Morgan fingerprint density at radius 2 is 1.96 bits per heavy atom. The highest BCUT2D eigenvalue weighted by Crippen LogP contribution is 2.30. The van der Waals surface area contributed by atoms with Gasteiger partial charge in [-0.15, -0.1) is 0 Å². The second-order valence-electron chi connectivity index (χ2n) is 4.80. The average Bonchev–Trinajstić information content (AvgIpc) is 3.10. The molecule has 0 aliphatic carbocycles. The monoisotopic (exact) mass is 341 g/mol. The van der Waals surface area contributed by atoms with Crippen molar-refractivity contribution in [2.24, 2.45) is 0 Å². The molecule has 0 spiro atoms. The minimum absolute atomic E-state index is 0.239. The van der Waals surface area contributed by atoms with Gasteiger partial charge < -0.3 is 14.8 Å². The second-order valence-corrected chi connectivity index (χ2v) is 5.83. The van der Waals surface area contributed by atoms with Crippen LogP contribution in [0, 0.1) is 0 Å². The summed E-state index contributed by atoms with van der Waals surface area (Å²) in [6.07, 6.45) is 5.07. The minimum Gasteiger partial charge on any atom is -0.493 e. The molecule has 2 heterocycles. The molecule has 3 rings (SSSR count). The zero-order valence-electron chi connectivity index (χ0n) is 13.1. The van der Waals surface area contributed by atoms with Crippen molar-refractivity contribution in [1.29, 1.82) is 0 Å². The van der Waals surface area contributed by atoms with Crippen LogP contribution < -0.4 is 14.8 Å². The summed E-state index contributed by atoms with van der Waals surface area (Å²) in [5.41, 5.74) is 1.39. The number of pyridine rings is 1. The first-order chi connectivity index (χ1) is 11.7. The van der Waals surface area contributed by atoms with E-state index >= 15 is 0 Å². The molecular weight excluding hydrogens is 326 g/mol. The molecule has 2 aromatic heterocycles. The number of ether oxygens (including phenoxy) is 2. The number of hydrogen-bond acceptors (Lipinski definition) is 6. The number of anilines is 1. The topological polar surface area (TPSA) is 73.3 Å². The van der Waals surface area contributed by atoms with E-state index in [4.69, 9.17) is 9.47 Å². The van der Waals surface area contributed by atoms with Crippen LogP contribution in [0.15, 0.2) is 48.9 Å². The third kappa shape index (κ3) is 3.36. The molecule has 0 fully saturated rings. The Bertz CT molecular complexity index is 849. The van der Waals surface area contributed by atoms with E-state index in [1.54, 1.807) is 43.9 Å². The van der Waals surface area contributed by atoms with Crippen LogP contribution in [-0.4, -0.2) is 30.1 Å². The average molecular weight is 341 g/mol. The van der Waals surface area contributed by atoms with E-state index in [2.05, 4.69) is 15.3 Å². The van der Waals surface area contributed by atoms with Crippen LogP contribution in [0.2, 0.25) is 0 Å². The van der Waals surface area contributed by atoms with Gasteiger partial charge >= 0.3 is 0 Å². The number of hydrogen-bond donors (Lipinski definition) is 1. The fraction of sp³-hybridized carbons (Fsp3) is 0.118. The number of aromatic nitrogens is 2. The highest BCUT2D eigenvalue weighted by Gasteiger charge is 2.13. The highest BCUT2D eigenvalue weighted by atomic mass is 32.1. The molecule has 24 heavy (non-hydrogen) atoms. The maximum Gasteiger partial charge on any atom is 0.256 e. The van der Waals surface area contributed by atoms with Crippen molar-refractivity contribution in [2.45, 2.75) is 0 Å². The number of amides is 1. The minimum atomic E-state index is -0.239. The molecule has 0 radical (unpaired) electrons. The molecule has 1 aromatic carbocycles. The van der Waals surface area contributed by atoms with E-state index in [9.17, 15) is 4.79 Å². The van der Waals surface area contributed by atoms with Crippen molar-refractivity contribution >= 4 is 22.2 Å². The number of benzene rings is 1. The number of carbonyl (C=O) groups is 1. The van der Waals surface area contributed by atoms with Crippen LogP contribution in [0.25, 0.3) is 10.6 Å². The van der Waals surface area contributed by atoms with E-state index in [1.807, 2.05) is 12.1 Å². The summed E-state index contributed by atoms with van der Waals surface area (Å²) in [7, 11) is 3.08. The summed E-state index contributed by atoms with van der Waals surface area (Å²) in [5, 5.41) is 4.30. The van der Waals surface area contributed by atoms with Gasteiger partial charge in [0.1, 0.15) is 10.0 Å². The summed E-state index contributed by atoms with van der Waals surface area (Å²) in [5.74, 6) is 0.841. The van der Waals surface area contributed by atoms with Crippen molar-refractivity contribution in [3.05, 3.63) is 54.5 Å². The molecule has 0 unspecified atom stereocenters. The molecule has 7 heteroatoms. The first-order valence-corrected chi connectivity index (χ1v) is 7.92. The fourth-order valence-corrected chi connectivity index (χ4v) is 2.92. The van der Waals surface area contributed by atoms with Gasteiger partial charge in [0.2, 0.25) is 0 Å². The summed E-state index contributed by atoms with van der Waals surface area (Å²) < 4.78 is 10.4. The molecule has 0 aliphatic rings. The number of methoxy groups -OCH3 is 2. The lowest BCUT2D eigenvalue weighted by atomic mass is 10.2. The summed E-state index contributed by atoms with van der Waals surface area (Å²) in [4.78, 5) is 20.8. The number of thiazole rings is 1. The lowest BCUT2D eigenvalue weighted by Crippen LogP contribution is -2.11. The molecule has 122 valence electrons. The first-order valence-electron chi connectivity index (χ1n) is 7.11. The van der Waals surface area contributed by atoms with Gasteiger partial charge in [0.15, 0.2) is 11.5 Å². The van der Waals surface area contributed by atoms with Gasteiger partial charge in [0.25, 0.3) is 5.91 Å². The molecule has 0 aliphatic heterocycles.